The zero-order valence-corrected chi connectivity index (χ0v) is 13.8. The van der Waals surface area contributed by atoms with Crippen molar-refractivity contribution in [2.45, 2.75) is 31.3 Å². The van der Waals surface area contributed by atoms with E-state index in [2.05, 4.69) is 5.16 Å². The Morgan fingerprint density at radius 1 is 1.22 bits per heavy atom. The van der Waals surface area contributed by atoms with E-state index in [1.165, 1.54) is 0 Å². The summed E-state index contributed by atoms with van der Waals surface area (Å²) in [5.41, 5.74) is 1.56. The number of likely N-dealkylation sites (tertiary alicyclic amines) is 2. The summed E-state index contributed by atoms with van der Waals surface area (Å²) in [5.74, 6) is 0. The number of benzene rings is 1. The van der Waals surface area contributed by atoms with Crippen LogP contribution in [-0.2, 0) is 4.84 Å². The first-order valence-electron chi connectivity index (χ1n) is 8.20. The van der Waals surface area contributed by atoms with Gasteiger partial charge in [-0.25, -0.2) is 4.79 Å². The van der Waals surface area contributed by atoms with Crippen LogP contribution in [0.5, 0.6) is 0 Å². The van der Waals surface area contributed by atoms with Crippen LogP contribution in [0.25, 0.3) is 0 Å². The summed E-state index contributed by atoms with van der Waals surface area (Å²) in [6.07, 6.45) is 3.80. The van der Waals surface area contributed by atoms with Gasteiger partial charge < -0.3 is 14.6 Å². The third kappa shape index (κ3) is 2.78. The normalized spacial score (nSPS) is 26.7. The second-order valence-corrected chi connectivity index (χ2v) is 7.08. The number of urea groups is 1. The van der Waals surface area contributed by atoms with Crippen molar-refractivity contribution in [1.29, 1.82) is 0 Å². The van der Waals surface area contributed by atoms with Crippen LogP contribution < -0.4 is 0 Å². The van der Waals surface area contributed by atoms with E-state index in [0.717, 1.165) is 56.6 Å². The maximum atomic E-state index is 12.5. The molecule has 4 rings (SSSR count). The molecule has 0 bridgehead atoms. The first-order chi connectivity index (χ1) is 11.2. The van der Waals surface area contributed by atoms with Gasteiger partial charge in [0.1, 0.15) is 0 Å². The first kappa shape index (κ1) is 14.8. The minimum atomic E-state index is -0.354. The molecule has 0 radical (unpaired) electrons. The van der Waals surface area contributed by atoms with Crippen LogP contribution in [0.3, 0.4) is 0 Å². The molecule has 3 heterocycles. The van der Waals surface area contributed by atoms with E-state index in [4.69, 9.17) is 16.4 Å². The summed E-state index contributed by atoms with van der Waals surface area (Å²) >= 11 is 6.06. The van der Waals surface area contributed by atoms with Crippen LogP contribution in [0.4, 0.5) is 4.79 Å². The number of oxime groups is 1. The van der Waals surface area contributed by atoms with Crippen molar-refractivity contribution in [2.24, 2.45) is 5.16 Å². The van der Waals surface area contributed by atoms with Gasteiger partial charge in [-0.2, -0.15) is 0 Å². The van der Waals surface area contributed by atoms with Crippen molar-refractivity contribution in [3.63, 3.8) is 0 Å². The highest BCUT2D eigenvalue weighted by Gasteiger charge is 2.47. The summed E-state index contributed by atoms with van der Waals surface area (Å²) < 4.78 is 0. The van der Waals surface area contributed by atoms with Gasteiger partial charge in [0.2, 0.25) is 0 Å². The van der Waals surface area contributed by atoms with Crippen LogP contribution in [0.1, 0.15) is 31.2 Å². The Kier molecular flexibility index (Phi) is 3.68. The maximum absolute atomic E-state index is 12.5. The summed E-state index contributed by atoms with van der Waals surface area (Å²) in [6, 6.07) is 7.82. The van der Waals surface area contributed by atoms with Gasteiger partial charge in [-0.15, -0.1) is 0 Å². The van der Waals surface area contributed by atoms with Crippen molar-refractivity contribution < 1.29 is 9.63 Å². The van der Waals surface area contributed by atoms with Gasteiger partial charge in [0.15, 0.2) is 5.60 Å². The van der Waals surface area contributed by atoms with E-state index in [-0.39, 0.29) is 11.6 Å². The predicted octanol–water partition coefficient (Wildman–Crippen LogP) is 3.12. The maximum Gasteiger partial charge on any atom is 0.320 e. The zero-order chi connectivity index (χ0) is 15.9. The van der Waals surface area contributed by atoms with Crippen LogP contribution in [-0.4, -0.2) is 53.3 Å². The topological polar surface area (TPSA) is 45.1 Å². The molecule has 2 saturated heterocycles. The molecule has 5 nitrogen and oxygen atoms in total. The number of carbonyl (C=O) groups excluding carboxylic acids is 1. The van der Waals surface area contributed by atoms with Crippen molar-refractivity contribution in [3.8, 4) is 0 Å². The largest absolute Gasteiger partial charge is 0.387 e. The quantitative estimate of drug-likeness (QED) is 0.792. The second-order valence-electron chi connectivity index (χ2n) is 6.65. The fraction of sp³-hybridized carbons (Fsp3) is 0.529. The second kappa shape index (κ2) is 5.71. The van der Waals surface area contributed by atoms with Gasteiger partial charge in [-0.1, -0.05) is 28.9 Å². The number of hydrogen-bond acceptors (Lipinski definition) is 3. The van der Waals surface area contributed by atoms with Crippen molar-refractivity contribution in [1.82, 2.24) is 9.80 Å². The predicted molar refractivity (Wildman–Crippen MR) is 88.8 cm³/mol. The van der Waals surface area contributed by atoms with Crippen LogP contribution in [0, 0.1) is 0 Å². The number of carbonyl (C=O) groups is 1. The lowest BCUT2D eigenvalue weighted by molar-refractivity contribution is -0.00837. The highest BCUT2D eigenvalue weighted by molar-refractivity contribution is 6.31. The highest BCUT2D eigenvalue weighted by Crippen LogP contribution is 2.36. The standard InChI is InChI=1S/C17H20ClN3O2/c18-14-5-3-4-13(10-14)15-11-17(23-19-15)6-9-21(12-17)16(22)20-7-1-2-8-20/h3-5,10H,1-2,6-9,11-12H2. The number of nitrogens with zero attached hydrogens (tertiary/aromatic N) is 3. The Morgan fingerprint density at radius 2 is 2.04 bits per heavy atom. The molecule has 122 valence electrons. The molecule has 3 aliphatic heterocycles. The van der Waals surface area contributed by atoms with Crippen molar-refractivity contribution in [3.05, 3.63) is 34.9 Å². The number of halogens is 1. The van der Waals surface area contributed by atoms with E-state index in [1.54, 1.807) is 0 Å². The molecule has 6 heteroatoms. The fourth-order valence-corrected chi connectivity index (χ4v) is 3.87. The molecule has 3 aliphatic rings. The molecule has 1 aromatic carbocycles. The molecular formula is C17H20ClN3O2. The molecule has 2 amide bonds. The van der Waals surface area contributed by atoms with Gasteiger partial charge in [-0.05, 0) is 25.0 Å². The Balaban J connectivity index is 1.43. The minimum absolute atomic E-state index is 0.152. The SMILES string of the molecule is O=C(N1CCCC1)N1CCC2(CC(c3cccc(Cl)c3)=NO2)C1. The van der Waals surface area contributed by atoms with Gasteiger partial charge in [0.25, 0.3) is 0 Å². The lowest BCUT2D eigenvalue weighted by Crippen LogP contribution is -2.43. The number of amides is 2. The van der Waals surface area contributed by atoms with E-state index < -0.39 is 0 Å². The summed E-state index contributed by atoms with van der Waals surface area (Å²) in [5, 5.41) is 4.98. The minimum Gasteiger partial charge on any atom is -0.387 e. The van der Waals surface area contributed by atoms with Gasteiger partial charge in [0.05, 0.1) is 12.3 Å². The molecule has 23 heavy (non-hydrogen) atoms. The molecule has 1 unspecified atom stereocenters. The molecular weight excluding hydrogens is 314 g/mol. The molecule has 0 aliphatic carbocycles. The van der Waals surface area contributed by atoms with E-state index in [0.29, 0.717) is 11.6 Å². The number of rotatable bonds is 1. The van der Waals surface area contributed by atoms with Crippen LogP contribution in [0.15, 0.2) is 29.4 Å². The fourth-order valence-electron chi connectivity index (χ4n) is 3.68. The first-order valence-corrected chi connectivity index (χ1v) is 8.58. The Hall–Kier alpha value is -1.75. The van der Waals surface area contributed by atoms with Crippen molar-refractivity contribution >= 4 is 23.3 Å². The smallest absolute Gasteiger partial charge is 0.320 e. The van der Waals surface area contributed by atoms with E-state index >= 15 is 0 Å². The average molecular weight is 334 g/mol. The lowest BCUT2D eigenvalue weighted by Gasteiger charge is -2.25. The lowest BCUT2D eigenvalue weighted by atomic mass is 9.93. The van der Waals surface area contributed by atoms with Gasteiger partial charge in [0, 0.05) is 43.1 Å². The van der Waals surface area contributed by atoms with Gasteiger partial charge >= 0.3 is 6.03 Å². The van der Waals surface area contributed by atoms with Crippen molar-refractivity contribution in [2.75, 3.05) is 26.2 Å². The molecule has 0 N–H and O–H groups in total. The third-order valence-corrected chi connectivity index (χ3v) is 5.20. The third-order valence-electron chi connectivity index (χ3n) is 4.96. The molecule has 0 aromatic heterocycles. The summed E-state index contributed by atoms with van der Waals surface area (Å²) in [7, 11) is 0. The van der Waals surface area contributed by atoms with Crippen LogP contribution in [0.2, 0.25) is 5.02 Å². The zero-order valence-electron chi connectivity index (χ0n) is 13.0. The van der Waals surface area contributed by atoms with Gasteiger partial charge in [-0.3, -0.25) is 0 Å². The highest BCUT2D eigenvalue weighted by atomic mass is 35.5. The van der Waals surface area contributed by atoms with E-state index in [9.17, 15) is 4.79 Å². The van der Waals surface area contributed by atoms with E-state index in [1.807, 2.05) is 34.1 Å². The number of hydrogen-bond donors (Lipinski definition) is 0. The Morgan fingerprint density at radius 3 is 2.83 bits per heavy atom. The molecule has 1 aromatic rings. The summed E-state index contributed by atoms with van der Waals surface area (Å²) in [6.45, 7) is 3.13. The molecule has 1 spiro atoms. The van der Waals surface area contributed by atoms with Crippen LogP contribution >= 0.6 is 11.6 Å². The monoisotopic (exact) mass is 333 g/mol. The molecule has 1 atom stereocenters. The Bertz CT molecular complexity index is 657. The Labute approximate surface area is 140 Å². The molecule has 0 saturated carbocycles. The summed E-state index contributed by atoms with van der Waals surface area (Å²) in [4.78, 5) is 22.2. The average Bonchev–Trinajstić information content (AvgIpc) is 3.29. The molecule has 2 fully saturated rings.